The first kappa shape index (κ1) is 11.6. The Balaban J connectivity index is 2.20. The monoisotopic (exact) mass is 257 g/mol. The summed E-state index contributed by atoms with van der Waals surface area (Å²) in [4.78, 5) is 3.46. The zero-order valence-electron chi connectivity index (χ0n) is 10.6. The quantitative estimate of drug-likeness (QED) is 0.652. The fourth-order valence-corrected chi connectivity index (χ4v) is 2.69. The van der Waals surface area contributed by atoms with Crippen molar-refractivity contribution in [3.05, 3.63) is 47.0 Å². The molecule has 0 saturated carbocycles. The number of rotatable bonds is 2. The third-order valence-corrected chi connectivity index (χ3v) is 3.50. The molecule has 2 aromatic carbocycles. The Morgan fingerprint density at radius 3 is 2.61 bits per heavy atom. The molecule has 1 N–H and O–H groups in total. The van der Waals surface area contributed by atoms with Crippen LogP contribution >= 0.6 is 11.6 Å². The zero-order valence-corrected chi connectivity index (χ0v) is 11.4. The van der Waals surface area contributed by atoms with Crippen LogP contribution in [0.2, 0.25) is 5.02 Å². The number of nitrogens with one attached hydrogen (secondary N) is 1. The van der Waals surface area contributed by atoms with Crippen molar-refractivity contribution in [2.24, 2.45) is 5.92 Å². The Morgan fingerprint density at radius 1 is 1.00 bits per heavy atom. The molecule has 92 valence electrons. The molecule has 0 unspecified atom stereocenters. The molecule has 1 heterocycles. The first-order valence-corrected chi connectivity index (χ1v) is 6.71. The third-order valence-electron chi connectivity index (χ3n) is 3.27. The fourth-order valence-electron chi connectivity index (χ4n) is 2.52. The predicted octanol–water partition coefficient (Wildman–Crippen LogP) is 5.17. The van der Waals surface area contributed by atoms with Crippen molar-refractivity contribution in [2.75, 3.05) is 0 Å². The number of benzene rings is 2. The Morgan fingerprint density at radius 2 is 1.83 bits per heavy atom. The van der Waals surface area contributed by atoms with Crippen LogP contribution in [0.15, 0.2) is 36.4 Å². The lowest BCUT2D eigenvalue weighted by Gasteiger charge is -2.04. The van der Waals surface area contributed by atoms with Crippen LogP contribution in [0.4, 0.5) is 0 Å². The van der Waals surface area contributed by atoms with E-state index in [-0.39, 0.29) is 0 Å². The average Bonchev–Trinajstić information content (AvgIpc) is 2.65. The van der Waals surface area contributed by atoms with Gasteiger partial charge in [0.2, 0.25) is 0 Å². The van der Waals surface area contributed by atoms with Crippen LogP contribution in [0.25, 0.3) is 21.8 Å². The molecule has 18 heavy (non-hydrogen) atoms. The van der Waals surface area contributed by atoms with Gasteiger partial charge in [-0.3, -0.25) is 0 Å². The topological polar surface area (TPSA) is 15.8 Å². The Bertz CT molecular complexity index is 710. The number of H-pyrrole nitrogens is 1. The highest BCUT2D eigenvalue weighted by molar-refractivity contribution is 6.31. The number of aromatic nitrogens is 1. The molecule has 0 atom stereocenters. The summed E-state index contributed by atoms with van der Waals surface area (Å²) in [6.07, 6.45) is 1.12. The van der Waals surface area contributed by atoms with Crippen molar-refractivity contribution in [1.29, 1.82) is 0 Å². The Hall–Kier alpha value is -1.47. The van der Waals surface area contributed by atoms with E-state index < -0.39 is 0 Å². The molecule has 0 fully saturated rings. The third kappa shape index (κ3) is 1.99. The lowest BCUT2D eigenvalue weighted by Crippen LogP contribution is -1.93. The second kappa shape index (κ2) is 4.33. The molecule has 0 saturated heterocycles. The molecule has 2 heteroatoms. The van der Waals surface area contributed by atoms with Crippen LogP contribution in [0.1, 0.15) is 19.4 Å². The number of hydrogen-bond acceptors (Lipinski definition) is 0. The van der Waals surface area contributed by atoms with Gasteiger partial charge in [-0.15, -0.1) is 0 Å². The molecule has 0 radical (unpaired) electrons. The van der Waals surface area contributed by atoms with Gasteiger partial charge in [-0.2, -0.15) is 0 Å². The van der Waals surface area contributed by atoms with E-state index in [9.17, 15) is 0 Å². The smallest absolute Gasteiger partial charge is 0.0467 e. The molecule has 3 aromatic rings. The average molecular weight is 258 g/mol. The van der Waals surface area contributed by atoms with Crippen molar-refractivity contribution < 1.29 is 0 Å². The SMILES string of the molecule is CC(C)Cc1ccc2c(c1)[nH]c1ccc(Cl)cc12. The Labute approximate surface area is 112 Å². The normalized spacial score (nSPS) is 11.8. The number of aromatic amines is 1. The van der Waals surface area contributed by atoms with Crippen molar-refractivity contribution in [3.8, 4) is 0 Å². The summed E-state index contributed by atoms with van der Waals surface area (Å²) in [6.45, 7) is 4.49. The number of hydrogen-bond donors (Lipinski definition) is 1. The van der Waals surface area contributed by atoms with Crippen LogP contribution in [-0.4, -0.2) is 4.98 Å². The van der Waals surface area contributed by atoms with E-state index in [1.807, 2.05) is 18.2 Å². The van der Waals surface area contributed by atoms with E-state index in [2.05, 4.69) is 37.0 Å². The van der Waals surface area contributed by atoms with Gasteiger partial charge in [-0.25, -0.2) is 0 Å². The molecule has 3 rings (SSSR count). The minimum atomic E-state index is 0.682. The van der Waals surface area contributed by atoms with E-state index in [4.69, 9.17) is 11.6 Å². The van der Waals surface area contributed by atoms with Gasteiger partial charge in [0.25, 0.3) is 0 Å². The van der Waals surface area contributed by atoms with E-state index in [1.165, 1.54) is 21.9 Å². The highest BCUT2D eigenvalue weighted by Gasteiger charge is 2.06. The molecule has 0 spiro atoms. The molecule has 1 aromatic heterocycles. The van der Waals surface area contributed by atoms with Crippen molar-refractivity contribution in [1.82, 2.24) is 4.98 Å². The number of halogens is 1. The lowest BCUT2D eigenvalue weighted by molar-refractivity contribution is 0.648. The maximum Gasteiger partial charge on any atom is 0.0467 e. The minimum Gasteiger partial charge on any atom is -0.355 e. The summed E-state index contributed by atoms with van der Waals surface area (Å²) in [5.74, 6) is 0.682. The first-order valence-electron chi connectivity index (χ1n) is 6.33. The first-order chi connectivity index (χ1) is 8.63. The fraction of sp³-hybridized carbons (Fsp3) is 0.250. The summed E-state index contributed by atoms with van der Waals surface area (Å²) in [5.41, 5.74) is 3.73. The van der Waals surface area contributed by atoms with Gasteiger partial charge < -0.3 is 4.98 Å². The molecule has 1 nitrogen and oxygen atoms in total. The van der Waals surface area contributed by atoms with Crippen LogP contribution in [0, 0.1) is 5.92 Å². The molecule has 0 aliphatic heterocycles. The van der Waals surface area contributed by atoms with E-state index in [0.29, 0.717) is 5.92 Å². The summed E-state index contributed by atoms with van der Waals surface area (Å²) in [5, 5.41) is 3.24. The highest BCUT2D eigenvalue weighted by atomic mass is 35.5. The molecular formula is C16H16ClN. The van der Waals surface area contributed by atoms with Crippen LogP contribution < -0.4 is 0 Å². The lowest BCUT2D eigenvalue weighted by atomic mass is 10.0. The van der Waals surface area contributed by atoms with Gasteiger partial charge >= 0.3 is 0 Å². The standard InChI is InChI=1S/C16H16ClN/c1-10(2)7-11-3-5-13-14-9-12(17)4-6-15(14)18-16(13)8-11/h3-6,8-10,18H,7H2,1-2H3. The highest BCUT2D eigenvalue weighted by Crippen LogP contribution is 2.28. The largest absolute Gasteiger partial charge is 0.355 e. The Kier molecular flexibility index (Phi) is 2.79. The summed E-state index contributed by atoms with van der Waals surface area (Å²) in [6, 6.07) is 12.7. The van der Waals surface area contributed by atoms with Crippen LogP contribution in [0.3, 0.4) is 0 Å². The predicted molar refractivity (Wildman–Crippen MR) is 79.4 cm³/mol. The van der Waals surface area contributed by atoms with Crippen molar-refractivity contribution in [3.63, 3.8) is 0 Å². The van der Waals surface area contributed by atoms with Gasteiger partial charge in [0.05, 0.1) is 0 Å². The van der Waals surface area contributed by atoms with E-state index in [0.717, 1.165) is 17.0 Å². The summed E-state index contributed by atoms with van der Waals surface area (Å²) >= 11 is 6.06. The number of fused-ring (bicyclic) bond motifs is 3. The summed E-state index contributed by atoms with van der Waals surface area (Å²) < 4.78 is 0. The molecule has 0 amide bonds. The maximum absolute atomic E-state index is 6.06. The molecule has 0 bridgehead atoms. The van der Waals surface area contributed by atoms with Gasteiger partial charge in [0.1, 0.15) is 0 Å². The zero-order chi connectivity index (χ0) is 12.7. The van der Waals surface area contributed by atoms with Gasteiger partial charge in [0.15, 0.2) is 0 Å². The van der Waals surface area contributed by atoms with Crippen molar-refractivity contribution in [2.45, 2.75) is 20.3 Å². The molecular weight excluding hydrogens is 242 g/mol. The van der Waals surface area contributed by atoms with Gasteiger partial charge in [-0.1, -0.05) is 37.6 Å². The molecule has 0 aliphatic rings. The van der Waals surface area contributed by atoms with E-state index in [1.54, 1.807) is 0 Å². The molecule has 0 aliphatic carbocycles. The minimum absolute atomic E-state index is 0.682. The maximum atomic E-state index is 6.06. The van der Waals surface area contributed by atoms with E-state index >= 15 is 0 Å². The van der Waals surface area contributed by atoms with Crippen LogP contribution in [0.5, 0.6) is 0 Å². The summed E-state index contributed by atoms with van der Waals surface area (Å²) in [7, 11) is 0. The van der Waals surface area contributed by atoms with Crippen LogP contribution in [-0.2, 0) is 6.42 Å². The van der Waals surface area contributed by atoms with Gasteiger partial charge in [0, 0.05) is 26.8 Å². The van der Waals surface area contributed by atoms with Crippen molar-refractivity contribution >= 4 is 33.4 Å². The van der Waals surface area contributed by atoms with Gasteiger partial charge in [-0.05, 0) is 42.2 Å². The second-order valence-corrected chi connectivity index (χ2v) is 5.73. The second-order valence-electron chi connectivity index (χ2n) is 5.29.